The minimum absolute atomic E-state index is 0.156. The smallest absolute Gasteiger partial charge is 0.258 e. The van der Waals surface area contributed by atoms with E-state index in [1.807, 2.05) is 25.1 Å². The van der Waals surface area contributed by atoms with Gasteiger partial charge in [-0.1, -0.05) is 11.2 Å². The minimum atomic E-state index is 0.156. The first kappa shape index (κ1) is 14.0. The fourth-order valence-electron chi connectivity index (χ4n) is 2.53. The monoisotopic (exact) mass is 288 g/mol. The molecule has 1 aromatic heterocycles. The number of aromatic nitrogens is 2. The predicted octanol–water partition coefficient (Wildman–Crippen LogP) is 1.63. The summed E-state index contributed by atoms with van der Waals surface area (Å²) < 4.78 is 10.8. The second-order valence-electron chi connectivity index (χ2n) is 5.34. The maximum absolute atomic E-state index is 5.42. The number of nitrogens with one attached hydrogen (secondary N) is 1. The van der Waals surface area contributed by atoms with Crippen molar-refractivity contribution in [3.63, 3.8) is 0 Å². The van der Waals surface area contributed by atoms with Crippen molar-refractivity contribution in [1.82, 2.24) is 20.4 Å². The van der Waals surface area contributed by atoms with Gasteiger partial charge in [-0.05, 0) is 31.7 Å². The van der Waals surface area contributed by atoms with Crippen molar-refractivity contribution in [3.05, 3.63) is 29.6 Å². The Labute approximate surface area is 124 Å². The molecular formula is C15H20N4O2. The van der Waals surface area contributed by atoms with E-state index in [2.05, 4.69) is 27.4 Å². The van der Waals surface area contributed by atoms with Crippen molar-refractivity contribution >= 4 is 0 Å². The van der Waals surface area contributed by atoms with Gasteiger partial charge in [0.05, 0.1) is 13.2 Å². The highest BCUT2D eigenvalue weighted by molar-refractivity contribution is 5.57. The molecule has 1 fully saturated rings. The van der Waals surface area contributed by atoms with Gasteiger partial charge in [0.1, 0.15) is 5.75 Å². The first-order chi connectivity index (χ1) is 10.2. The summed E-state index contributed by atoms with van der Waals surface area (Å²) in [4.78, 5) is 6.78. The van der Waals surface area contributed by atoms with Gasteiger partial charge in [-0.25, -0.2) is 0 Å². The summed E-state index contributed by atoms with van der Waals surface area (Å²) in [6, 6.07) is 6.04. The quantitative estimate of drug-likeness (QED) is 0.926. The zero-order valence-corrected chi connectivity index (χ0v) is 12.6. The molecule has 0 radical (unpaired) electrons. The second kappa shape index (κ2) is 5.83. The van der Waals surface area contributed by atoms with Gasteiger partial charge >= 0.3 is 0 Å². The molecule has 112 valence electrons. The third kappa shape index (κ3) is 2.77. The molecule has 2 aromatic rings. The van der Waals surface area contributed by atoms with Gasteiger partial charge in [0, 0.05) is 25.2 Å². The first-order valence-corrected chi connectivity index (χ1v) is 7.08. The highest BCUT2D eigenvalue weighted by Gasteiger charge is 2.25. The van der Waals surface area contributed by atoms with Crippen LogP contribution in [0.3, 0.4) is 0 Å². The van der Waals surface area contributed by atoms with E-state index >= 15 is 0 Å². The van der Waals surface area contributed by atoms with Crippen LogP contribution in [0, 0.1) is 6.92 Å². The Bertz CT molecular complexity index is 626. The molecule has 1 saturated heterocycles. The lowest BCUT2D eigenvalue weighted by Gasteiger charge is -2.30. The summed E-state index contributed by atoms with van der Waals surface area (Å²) in [6.45, 7) is 4.82. The van der Waals surface area contributed by atoms with E-state index in [-0.39, 0.29) is 6.04 Å². The molecule has 1 aliphatic heterocycles. The van der Waals surface area contributed by atoms with E-state index in [9.17, 15) is 0 Å². The van der Waals surface area contributed by atoms with Crippen LogP contribution in [0.25, 0.3) is 11.5 Å². The lowest BCUT2D eigenvalue weighted by atomic mass is 10.1. The van der Waals surface area contributed by atoms with E-state index in [1.165, 1.54) is 0 Å². The van der Waals surface area contributed by atoms with E-state index in [1.54, 1.807) is 7.11 Å². The molecule has 2 heterocycles. The molecule has 0 aliphatic carbocycles. The van der Waals surface area contributed by atoms with Crippen molar-refractivity contribution < 1.29 is 9.26 Å². The van der Waals surface area contributed by atoms with Crippen LogP contribution < -0.4 is 10.1 Å². The van der Waals surface area contributed by atoms with Crippen LogP contribution in [0.2, 0.25) is 0 Å². The lowest BCUT2D eigenvalue weighted by Crippen LogP contribution is -2.44. The SMILES string of the molecule is COc1cc(-c2nc(C3CNCCN3C)no2)ccc1C. The summed E-state index contributed by atoms with van der Waals surface area (Å²) in [5, 5.41) is 7.49. The number of ether oxygens (including phenoxy) is 1. The maximum Gasteiger partial charge on any atom is 0.258 e. The highest BCUT2D eigenvalue weighted by atomic mass is 16.5. The fraction of sp³-hybridized carbons (Fsp3) is 0.467. The van der Waals surface area contributed by atoms with Crippen molar-refractivity contribution in [2.24, 2.45) is 0 Å². The average molecular weight is 288 g/mol. The third-order valence-corrected chi connectivity index (χ3v) is 3.91. The molecule has 1 aliphatic rings. The molecule has 1 aromatic carbocycles. The molecule has 6 nitrogen and oxygen atoms in total. The molecule has 0 saturated carbocycles. The number of hydrogen-bond acceptors (Lipinski definition) is 6. The van der Waals surface area contributed by atoms with E-state index in [0.717, 1.165) is 42.3 Å². The summed E-state index contributed by atoms with van der Waals surface area (Å²) >= 11 is 0. The van der Waals surface area contributed by atoms with Crippen molar-refractivity contribution in [3.8, 4) is 17.2 Å². The number of nitrogens with zero attached hydrogens (tertiary/aromatic N) is 3. The number of piperazine rings is 1. The normalized spacial score (nSPS) is 19.7. The van der Waals surface area contributed by atoms with Crippen molar-refractivity contribution in [1.29, 1.82) is 0 Å². The van der Waals surface area contributed by atoms with Crippen LogP contribution in [0.1, 0.15) is 17.4 Å². The second-order valence-corrected chi connectivity index (χ2v) is 5.34. The molecule has 21 heavy (non-hydrogen) atoms. The lowest BCUT2D eigenvalue weighted by molar-refractivity contribution is 0.190. The molecule has 0 spiro atoms. The van der Waals surface area contributed by atoms with E-state index in [0.29, 0.717) is 5.89 Å². The topological polar surface area (TPSA) is 63.4 Å². The molecular weight excluding hydrogens is 268 g/mol. The maximum atomic E-state index is 5.42. The molecule has 0 bridgehead atoms. The van der Waals surface area contributed by atoms with Gasteiger partial charge in [-0.2, -0.15) is 4.98 Å². The molecule has 1 atom stereocenters. The predicted molar refractivity (Wildman–Crippen MR) is 79.3 cm³/mol. The van der Waals surface area contributed by atoms with E-state index in [4.69, 9.17) is 9.26 Å². The number of likely N-dealkylation sites (N-methyl/N-ethyl adjacent to an activating group) is 1. The first-order valence-electron chi connectivity index (χ1n) is 7.08. The largest absolute Gasteiger partial charge is 0.496 e. The van der Waals surface area contributed by atoms with Gasteiger partial charge in [-0.3, -0.25) is 4.90 Å². The van der Waals surface area contributed by atoms with Gasteiger partial charge in [0.15, 0.2) is 5.82 Å². The number of methoxy groups -OCH3 is 1. The Morgan fingerprint density at radius 1 is 1.43 bits per heavy atom. The van der Waals surface area contributed by atoms with Crippen LogP contribution >= 0.6 is 0 Å². The average Bonchev–Trinajstić information content (AvgIpc) is 2.98. The van der Waals surface area contributed by atoms with Crippen LogP contribution in [0.4, 0.5) is 0 Å². The van der Waals surface area contributed by atoms with Gasteiger partial charge in [0.25, 0.3) is 5.89 Å². The molecule has 1 unspecified atom stereocenters. The fourth-order valence-corrected chi connectivity index (χ4v) is 2.53. The molecule has 1 N–H and O–H groups in total. The summed E-state index contributed by atoms with van der Waals surface area (Å²) in [7, 11) is 3.74. The van der Waals surface area contributed by atoms with Gasteiger partial charge in [0.2, 0.25) is 0 Å². The zero-order valence-electron chi connectivity index (χ0n) is 12.6. The Kier molecular flexibility index (Phi) is 3.90. The van der Waals surface area contributed by atoms with Crippen LogP contribution in [0.15, 0.2) is 22.7 Å². The number of aryl methyl sites for hydroxylation is 1. The van der Waals surface area contributed by atoms with Crippen LogP contribution in [0.5, 0.6) is 5.75 Å². The Morgan fingerprint density at radius 2 is 2.29 bits per heavy atom. The standard InChI is InChI=1S/C15H20N4O2/c1-10-4-5-11(8-13(10)20-3)15-17-14(18-21-15)12-9-16-6-7-19(12)2/h4-5,8,12,16H,6-7,9H2,1-3H3. The van der Waals surface area contributed by atoms with Crippen LogP contribution in [-0.4, -0.2) is 48.8 Å². The Balaban J connectivity index is 1.87. The van der Waals surface area contributed by atoms with Gasteiger partial charge in [-0.15, -0.1) is 0 Å². The Morgan fingerprint density at radius 3 is 3.05 bits per heavy atom. The third-order valence-electron chi connectivity index (χ3n) is 3.91. The summed E-state index contributed by atoms with van der Waals surface area (Å²) in [5.74, 6) is 2.07. The summed E-state index contributed by atoms with van der Waals surface area (Å²) in [6.07, 6.45) is 0. The highest BCUT2D eigenvalue weighted by Crippen LogP contribution is 2.27. The van der Waals surface area contributed by atoms with Gasteiger partial charge < -0.3 is 14.6 Å². The summed E-state index contributed by atoms with van der Waals surface area (Å²) in [5.41, 5.74) is 1.96. The number of benzene rings is 1. The molecule has 3 rings (SSSR count). The van der Waals surface area contributed by atoms with Crippen molar-refractivity contribution in [2.45, 2.75) is 13.0 Å². The number of hydrogen-bond donors (Lipinski definition) is 1. The van der Waals surface area contributed by atoms with Crippen LogP contribution in [-0.2, 0) is 0 Å². The molecule has 0 amide bonds. The van der Waals surface area contributed by atoms with Crippen molar-refractivity contribution in [2.75, 3.05) is 33.8 Å². The minimum Gasteiger partial charge on any atom is -0.496 e. The van der Waals surface area contributed by atoms with E-state index < -0.39 is 0 Å². The zero-order chi connectivity index (χ0) is 14.8. The number of rotatable bonds is 3. The Hall–Kier alpha value is -1.92. The molecule has 6 heteroatoms.